The summed E-state index contributed by atoms with van der Waals surface area (Å²) in [6, 6.07) is 5.89. The monoisotopic (exact) mass is 365 g/mol. The number of nitrogens with one attached hydrogen (secondary N) is 1. The minimum Gasteiger partial charge on any atom is -0.395 e. The van der Waals surface area contributed by atoms with E-state index >= 15 is 0 Å². The maximum Gasteiger partial charge on any atom is 0.228 e. The van der Waals surface area contributed by atoms with E-state index in [1.54, 1.807) is 18.5 Å². The molecule has 4 rings (SSSR count). The zero-order valence-corrected chi connectivity index (χ0v) is 15.4. The Bertz CT molecular complexity index is 918. The van der Waals surface area contributed by atoms with Gasteiger partial charge in [0.1, 0.15) is 17.1 Å². The molecule has 2 heterocycles. The average Bonchev–Trinajstić information content (AvgIpc) is 3.48. The second-order valence-corrected chi connectivity index (χ2v) is 7.85. The van der Waals surface area contributed by atoms with Crippen LogP contribution in [0.15, 0.2) is 24.5 Å². The van der Waals surface area contributed by atoms with Crippen molar-refractivity contribution in [2.75, 3.05) is 24.6 Å². The Morgan fingerprint density at radius 1 is 1.33 bits per heavy atom. The molecule has 2 N–H and O–H groups in total. The number of fused-ring (bicyclic) bond motifs is 1. The summed E-state index contributed by atoms with van der Waals surface area (Å²) in [5, 5.41) is 22.0. The molecule has 140 valence electrons. The van der Waals surface area contributed by atoms with E-state index in [-0.39, 0.29) is 18.6 Å². The number of nitriles is 1. The first kappa shape index (κ1) is 17.7. The molecule has 2 aromatic rings. The van der Waals surface area contributed by atoms with E-state index in [0.717, 1.165) is 31.5 Å². The highest BCUT2D eigenvalue weighted by Gasteiger charge is 2.50. The molecular weight excluding hydrogens is 342 g/mol. The summed E-state index contributed by atoms with van der Waals surface area (Å²) in [7, 11) is 0. The summed E-state index contributed by atoms with van der Waals surface area (Å²) >= 11 is 0. The lowest BCUT2D eigenvalue weighted by atomic mass is 9.94. The molecule has 27 heavy (non-hydrogen) atoms. The van der Waals surface area contributed by atoms with Crippen molar-refractivity contribution < 1.29 is 9.90 Å². The SMILES string of the molecule is C[C@H]1C[C@@H](NC(=O)C2(CO)CC2)CN(c2ccc(C#N)c3nccnc23)C1. The second-order valence-electron chi connectivity index (χ2n) is 7.85. The standard InChI is InChI=1S/C20H23N5O2/c1-13-8-15(24-19(27)20(12-26)4-5-20)11-25(10-13)16-3-2-14(9-21)17-18(16)23-7-6-22-17/h2-3,6-7,13,15,26H,4-5,8,10-12H2,1H3,(H,24,27)/t13-,15+/m0/s1. The molecule has 0 spiro atoms. The van der Waals surface area contributed by atoms with E-state index < -0.39 is 5.41 Å². The molecule has 7 nitrogen and oxygen atoms in total. The smallest absolute Gasteiger partial charge is 0.228 e. The number of amides is 1. The number of anilines is 1. The lowest BCUT2D eigenvalue weighted by molar-refractivity contribution is -0.128. The number of benzene rings is 1. The van der Waals surface area contributed by atoms with Crippen LogP contribution in [-0.4, -0.2) is 46.7 Å². The van der Waals surface area contributed by atoms with Gasteiger partial charge in [-0.2, -0.15) is 5.26 Å². The van der Waals surface area contributed by atoms with Gasteiger partial charge in [-0.3, -0.25) is 14.8 Å². The topological polar surface area (TPSA) is 102 Å². The molecule has 0 radical (unpaired) electrons. The van der Waals surface area contributed by atoms with Gasteiger partial charge in [0, 0.05) is 31.5 Å². The van der Waals surface area contributed by atoms with Crippen LogP contribution in [0.5, 0.6) is 0 Å². The Morgan fingerprint density at radius 2 is 2.07 bits per heavy atom. The number of carbonyl (C=O) groups is 1. The van der Waals surface area contributed by atoms with Crippen LogP contribution >= 0.6 is 0 Å². The van der Waals surface area contributed by atoms with Crippen LogP contribution in [0.2, 0.25) is 0 Å². The third-order valence-corrected chi connectivity index (χ3v) is 5.70. The number of aliphatic hydroxyl groups is 1. The van der Waals surface area contributed by atoms with Crippen LogP contribution in [0, 0.1) is 22.7 Å². The van der Waals surface area contributed by atoms with Crippen LogP contribution in [0.25, 0.3) is 11.0 Å². The Kier molecular flexibility index (Phi) is 4.44. The summed E-state index contributed by atoms with van der Waals surface area (Å²) in [4.78, 5) is 23.5. The predicted molar refractivity (Wildman–Crippen MR) is 101 cm³/mol. The Balaban J connectivity index is 1.60. The first-order valence-corrected chi connectivity index (χ1v) is 9.37. The third-order valence-electron chi connectivity index (χ3n) is 5.70. The molecule has 0 unspecified atom stereocenters. The summed E-state index contributed by atoms with van der Waals surface area (Å²) in [6.45, 7) is 3.62. The van der Waals surface area contributed by atoms with Crippen molar-refractivity contribution in [2.24, 2.45) is 11.3 Å². The maximum atomic E-state index is 12.5. The Hall–Kier alpha value is -2.72. The number of hydrogen-bond donors (Lipinski definition) is 2. The predicted octanol–water partition coefficient (Wildman–Crippen LogP) is 1.60. The van der Waals surface area contributed by atoms with E-state index in [9.17, 15) is 15.2 Å². The van der Waals surface area contributed by atoms with E-state index in [2.05, 4.69) is 33.2 Å². The molecule has 1 saturated heterocycles. The molecule has 2 fully saturated rings. The number of piperidine rings is 1. The minimum absolute atomic E-state index is 0.0210. The summed E-state index contributed by atoms with van der Waals surface area (Å²) in [6.07, 6.45) is 5.66. The molecule has 0 bridgehead atoms. The van der Waals surface area contributed by atoms with Crippen molar-refractivity contribution in [1.29, 1.82) is 5.26 Å². The van der Waals surface area contributed by atoms with Crippen LogP contribution in [0.3, 0.4) is 0 Å². The van der Waals surface area contributed by atoms with Crippen molar-refractivity contribution in [3.8, 4) is 6.07 Å². The number of aromatic nitrogens is 2. The van der Waals surface area contributed by atoms with Gasteiger partial charge in [-0.25, -0.2) is 0 Å². The van der Waals surface area contributed by atoms with E-state index in [4.69, 9.17) is 0 Å². The zero-order valence-electron chi connectivity index (χ0n) is 15.4. The van der Waals surface area contributed by atoms with Gasteiger partial charge in [-0.1, -0.05) is 6.92 Å². The van der Waals surface area contributed by atoms with Gasteiger partial charge >= 0.3 is 0 Å². The number of rotatable bonds is 4. The molecule has 1 amide bonds. The zero-order chi connectivity index (χ0) is 19.0. The van der Waals surface area contributed by atoms with E-state index in [0.29, 0.717) is 29.1 Å². The first-order valence-electron chi connectivity index (χ1n) is 9.37. The second kappa shape index (κ2) is 6.78. The van der Waals surface area contributed by atoms with Crippen LogP contribution < -0.4 is 10.2 Å². The minimum atomic E-state index is -0.557. The highest BCUT2D eigenvalue weighted by molar-refractivity contribution is 5.92. The van der Waals surface area contributed by atoms with E-state index in [1.807, 2.05) is 6.07 Å². The molecule has 2 atom stereocenters. The third kappa shape index (κ3) is 3.21. The van der Waals surface area contributed by atoms with Crippen molar-refractivity contribution >= 4 is 22.6 Å². The van der Waals surface area contributed by atoms with Crippen molar-refractivity contribution in [2.45, 2.75) is 32.2 Å². The van der Waals surface area contributed by atoms with Crippen molar-refractivity contribution in [3.05, 3.63) is 30.1 Å². The lowest BCUT2D eigenvalue weighted by Crippen LogP contribution is -2.52. The fourth-order valence-corrected chi connectivity index (χ4v) is 3.99. The van der Waals surface area contributed by atoms with Gasteiger partial charge in [0.2, 0.25) is 5.91 Å². The number of carbonyl (C=O) groups excluding carboxylic acids is 1. The van der Waals surface area contributed by atoms with Gasteiger partial charge < -0.3 is 15.3 Å². The maximum absolute atomic E-state index is 12.5. The fraction of sp³-hybridized carbons (Fsp3) is 0.500. The Labute approximate surface area is 158 Å². The van der Waals surface area contributed by atoms with Gasteiger partial charge in [-0.05, 0) is 37.3 Å². The number of aliphatic hydroxyl groups excluding tert-OH is 1. The summed E-state index contributed by atoms with van der Waals surface area (Å²) in [5.41, 5.74) is 2.21. The largest absolute Gasteiger partial charge is 0.395 e. The fourth-order valence-electron chi connectivity index (χ4n) is 3.99. The van der Waals surface area contributed by atoms with Crippen molar-refractivity contribution in [1.82, 2.24) is 15.3 Å². The summed E-state index contributed by atoms with van der Waals surface area (Å²) < 4.78 is 0. The highest BCUT2D eigenvalue weighted by Crippen LogP contribution is 2.45. The molecule has 1 aromatic carbocycles. The molecular formula is C20H23N5O2. The normalized spacial score (nSPS) is 23.7. The molecule has 1 saturated carbocycles. The highest BCUT2D eigenvalue weighted by atomic mass is 16.3. The van der Waals surface area contributed by atoms with Gasteiger partial charge in [0.15, 0.2) is 0 Å². The van der Waals surface area contributed by atoms with Gasteiger partial charge in [0.25, 0.3) is 0 Å². The lowest BCUT2D eigenvalue weighted by Gasteiger charge is -2.39. The Morgan fingerprint density at radius 3 is 2.74 bits per heavy atom. The van der Waals surface area contributed by atoms with Crippen molar-refractivity contribution in [3.63, 3.8) is 0 Å². The summed E-state index contributed by atoms with van der Waals surface area (Å²) in [5.74, 6) is 0.365. The quantitative estimate of drug-likeness (QED) is 0.853. The van der Waals surface area contributed by atoms with Crippen LogP contribution in [0.4, 0.5) is 5.69 Å². The number of nitrogens with zero attached hydrogens (tertiary/aromatic N) is 4. The average molecular weight is 365 g/mol. The molecule has 1 aromatic heterocycles. The molecule has 7 heteroatoms. The number of hydrogen-bond acceptors (Lipinski definition) is 6. The molecule has 1 aliphatic heterocycles. The first-order chi connectivity index (χ1) is 13.1. The van der Waals surface area contributed by atoms with Gasteiger partial charge in [0.05, 0.1) is 23.3 Å². The van der Waals surface area contributed by atoms with Crippen LogP contribution in [-0.2, 0) is 4.79 Å². The van der Waals surface area contributed by atoms with E-state index in [1.165, 1.54) is 0 Å². The van der Waals surface area contributed by atoms with Gasteiger partial charge in [-0.15, -0.1) is 0 Å². The molecule has 2 aliphatic rings. The van der Waals surface area contributed by atoms with Crippen LogP contribution in [0.1, 0.15) is 31.7 Å². The molecule has 1 aliphatic carbocycles.